The minimum atomic E-state index is 0.354. The minimum absolute atomic E-state index is 0.354. The Labute approximate surface area is 162 Å². The van der Waals surface area contributed by atoms with Gasteiger partial charge in [0.1, 0.15) is 0 Å². The third kappa shape index (κ3) is 3.52. The zero-order valence-corrected chi connectivity index (χ0v) is 15.9. The van der Waals surface area contributed by atoms with Gasteiger partial charge in [0.05, 0.1) is 13.2 Å². The molecule has 1 saturated heterocycles. The molecular weight excluding hydrogens is 371 g/mol. The molecule has 4 rings (SSSR count). The maximum atomic E-state index is 6.20. The first-order chi connectivity index (χ1) is 12.7. The van der Waals surface area contributed by atoms with Crippen LogP contribution in [0.3, 0.4) is 0 Å². The Morgan fingerprint density at radius 3 is 2.46 bits per heavy atom. The Bertz CT molecular complexity index is 885. The second-order valence-corrected chi connectivity index (χ2v) is 7.28. The van der Waals surface area contributed by atoms with Crippen molar-refractivity contribution in [2.45, 2.75) is 32.5 Å². The maximum absolute atomic E-state index is 6.20. The first-order valence-electron chi connectivity index (χ1n) is 8.82. The van der Waals surface area contributed by atoms with Crippen LogP contribution in [-0.2, 0) is 18.0 Å². The quantitative estimate of drug-likeness (QED) is 0.630. The van der Waals surface area contributed by atoms with Crippen LogP contribution >= 0.6 is 23.2 Å². The molecule has 0 amide bonds. The van der Waals surface area contributed by atoms with Crippen LogP contribution in [0.15, 0.2) is 36.5 Å². The molecule has 0 atom stereocenters. The van der Waals surface area contributed by atoms with Gasteiger partial charge in [-0.1, -0.05) is 35.3 Å². The lowest BCUT2D eigenvalue weighted by Gasteiger charge is -2.26. The van der Waals surface area contributed by atoms with E-state index in [1.165, 1.54) is 19.3 Å². The van der Waals surface area contributed by atoms with E-state index in [1.54, 1.807) is 0 Å². The van der Waals surface area contributed by atoms with Crippen molar-refractivity contribution in [3.8, 4) is 0 Å². The van der Waals surface area contributed by atoms with Crippen LogP contribution in [0, 0.1) is 0 Å². The molecule has 0 unspecified atom stereocenters. The fourth-order valence-corrected chi connectivity index (χ4v) is 3.82. The van der Waals surface area contributed by atoms with E-state index in [2.05, 4.69) is 15.1 Å². The summed E-state index contributed by atoms with van der Waals surface area (Å²) in [7, 11) is 0. The van der Waals surface area contributed by atoms with Gasteiger partial charge in [-0.15, -0.1) is 10.2 Å². The largest absolute Gasteiger partial charge is 0.372 e. The van der Waals surface area contributed by atoms with Crippen LogP contribution in [-0.4, -0.2) is 27.7 Å². The SMILES string of the molecule is Clc1cccc(Cl)c1COCc1cccn2c(N3CCCCC3)nnc12. The Morgan fingerprint density at radius 1 is 0.923 bits per heavy atom. The highest BCUT2D eigenvalue weighted by Gasteiger charge is 2.18. The molecule has 1 aliphatic rings. The average molecular weight is 391 g/mol. The Morgan fingerprint density at radius 2 is 1.69 bits per heavy atom. The fraction of sp³-hybridized carbons (Fsp3) is 0.368. The molecule has 0 radical (unpaired) electrons. The molecule has 1 aliphatic heterocycles. The highest BCUT2D eigenvalue weighted by molar-refractivity contribution is 6.35. The van der Waals surface area contributed by atoms with E-state index in [1.807, 2.05) is 40.9 Å². The van der Waals surface area contributed by atoms with Crippen molar-refractivity contribution < 1.29 is 4.74 Å². The van der Waals surface area contributed by atoms with Gasteiger partial charge in [-0.2, -0.15) is 0 Å². The second-order valence-electron chi connectivity index (χ2n) is 6.47. The predicted molar refractivity (Wildman–Crippen MR) is 104 cm³/mol. The van der Waals surface area contributed by atoms with Crippen molar-refractivity contribution in [2.24, 2.45) is 0 Å². The van der Waals surface area contributed by atoms with E-state index in [4.69, 9.17) is 27.9 Å². The van der Waals surface area contributed by atoms with Crippen LogP contribution < -0.4 is 4.90 Å². The van der Waals surface area contributed by atoms with E-state index >= 15 is 0 Å². The Kier molecular flexibility index (Phi) is 5.29. The molecule has 0 saturated carbocycles. The van der Waals surface area contributed by atoms with Gasteiger partial charge >= 0.3 is 0 Å². The average Bonchev–Trinajstić information content (AvgIpc) is 3.10. The molecule has 0 N–H and O–H groups in total. The van der Waals surface area contributed by atoms with Crippen molar-refractivity contribution in [2.75, 3.05) is 18.0 Å². The molecular formula is C19H20Cl2N4O. The third-order valence-electron chi connectivity index (χ3n) is 4.70. The molecule has 2 aromatic heterocycles. The number of hydrogen-bond donors (Lipinski definition) is 0. The van der Waals surface area contributed by atoms with Crippen LogP contribution in [0.25, 0.3) is 5.65 Å². The number of piperidine rings is 1. The molecule has 0 bridgehead atoms. The van der Waals surface area contributed by atoms with Crippen molar-refractivity contribution in [3.05, 3.63) is 57.7 Å². The zero-order valence-electron chi connectivity index (χ0n) is 14.4. The summed E-state index contributed by atoms with van der Waals surface area (Å²) in [5.74, 6) is 0.913. The summed E-state index contributed by atoms with van der Waals surface area (Å²) in [6.45, 7) is 2.84. The number of anilines is 1. The van der Waals surface area contributed by atoms with Crippen molar-refractivity contribution in [3.63, 3.8) is 0 Å². The van der Waals surface area contributed by atoms with E-state index in [0.29, 0.717) is 23.3 Å². The summed E-state index contributed by atoms with van der Waals surface area (Å²) in [4.78, 5) is 2.30. The van der Waals surface area contributed by atoms with Crippen LogP contribution in [0.4, 0.5) is 5.95 Å². The summed E-state index contributed by atoms with van der Waals surface area (Å²) in [6, 6.07) is 9.48. The van der Waals surface area contributed by atoms with Crippen molar-refractivity contribution in [1.29, 1.82) is 0 Å². The molecule has 3 aromatic rings. The first kappa shape index (κ1) is 17.6. The number of fused-ring (bicyclic) bond motifs is 1. The Hall–Kier alpha value is -1.82. The molecule has 0 spiro atoms. The summed E-state index contributed by atoms with van der Waals surface area (Å²) >= 11 is 12.4. The number of aromatic nitrogens is 3. The maximum Gasteiger partial charge on any atom is 0.231 e. The lowest BCUT2D eigenvalue weighted by atomic mass is 10.1. The molecule has 5 nitrogen and oxygen atoms in total. The molecule has 1 fully saturated rings. The fourth-order valence-electron chi connectivity index (χ4n) is 3.31. The number of benzene rings is 1. The van der Waals surface area contributed by atoms with Gasteiger partial charge in [-0.3, -0.25) is 4.40 Å². The smallest absolute Gasteiger partial charge is 0.231 e. The molecule has 3 heterocycles. The van der Waals surface area contributed by atoms with Crippen molar-refractivity contribution in [1.82, 2.24) is 14.6 Å². The number of halogens is 2. The highest BCUT2D eigenvalue weighted by Crippen LogP contribution is 2.26. The number of ether oxygens (including phenoxy) is 1. The van der Waals surface area contributed by atoms with Gasteiger partial charge in [0.15, 0.2) is 5.65 Å². The molecule has 136 valence electrons. The van der Waals surface area contributed by atoms with E-state index < -0.39 is 0 Å². The third-order valence-corrected chi connectivity index (χ3v) is 5.41. The number of nitrogens with zero attached hydrogens (tertiary/aromatic N) is 4. The zero-order chi connectivity index (χ0) is 17.9. The van der Waals surface area contributed by atoms with Gasteiger partial charge < -0.3 is 9.64 Å². The number of rotatable bonds is 5. The summed E-state index contributed by atoms with van der Waals surface area (Å²) in [6.07, 6.45) is 5.71. The Balaban J connectivity index is 1.51. The minimum Gasteiger partial charge on any atom is -0.372 e. The van der Waals surface area contributed by atoms with Gasteiger partial charge in [-0.25, -0.2) is 0 Å². The summed E-state index contributed by atoms with van der Waals surface area (Å²) < 4.78 is 7.91. The molecule has 7 heteroatoms. The first-order valence-corrected chi connectivity index (χ1v) is 9.58. The summed E-state index contributed by atoms with van der Waals surface area (Å²) in [5, 5.41) is 10.0. The molecule has 0 aliphatic carbocycles. The van der Waals surface area contributed by atoms with Crippen LogP contribution in [0.5, 0.6) is 0 Å². The second kappa shape index (κ2) is 7.82. The van der Waals surface area contributed by atoms with Gasteiger partial charge in [0, 0.05) is 40.5 Å². The monoisotopic (exact) mass is 390 g/mol. The van der Waals surface area contributed by atoms with E-state index in [0.717, 1.165) is 35.8 Å². The molecule has 1 aromatic carbocycles. The predicted octanol–water partition coefficient (Wildman–Crippen LogP) is 4.74. The lowest BCUT2D eigenvalue weighted by molar-refractivity contribution is 0.108. The van der Waals surface area contributed by atoms with E-state index in [9.17, 15) is 0 Å². The van der Waals surface area contributed by atoms with Gasteiger partial charge in [-0.05, 0) is 37.5 Å². The van der Waals surface area contributed by atoms with Gasteiger partial charge in [0.25, 0.3) is 0 Å². The molecule has 26 heavy (non-hydrogen) atoms. The number of hydrogen-bond acceptors (Lipinski definition) is 4. The number of pyridine rings is 1. The van der Waals surface area contributed by atoms with Gasteiger partial charge in [0.2, 0.25) is 5.95 Å². The summed E-state index contributed by atoms with van der Waals surface area (Å²) in [5.41, 5.74) is 2.63. The van der Waals surface area contributed by atoms with Crippen LogP contribution in [0.2, 0.25) is 10.0 Å². The topological polar surface area (TPSA) is 42.7 Å². The van der Waals surface area contributed by atoms with Crippen LogP contribution in [0.1, 0.15) is 30.4 Å². The van der Waals surface area contributed by atoms with E-state index in [-0.39, 0.29) is 0 Å². The normalized spacial score (nSPS) is 14.9. The lowest BCUT2D eigenvalue weighted by Crippen LogP contribution is -2.31. The standard InChI is InChI=1S/C19H20Cl2N4O/c20-16-7-4-8-17(21)15(16)13-26-12-14-6-5-11-25-18(14)22-23-19(25)24-9-2-1-3-10-24/h4-8,11H,1-3,9-10,12-13H2. The van der Waals surface area contributed by atoms with Crippen molar-refractivity contribution >= 4 is 34.8 Å². The highest BCUT2D eigenvalue weighted by atomic mass is 35.5.